The largest absolute Gasteiger partial charge is 0.348 e. The number of benzene rings is 1. The molecular weight excluding hydrogens is 231 g/mol. The van der Waals surface area contributed by atoms with Crippen molar-refractivity contribution in [3.8, 4) is 0 Å². The summed E-state index contributed by atoms with van der Waals surface area (Å²) in [4.78, 5) is 11.9. The van der Waals surface area contributed by atoms with Gasteiger partial charge in [-0.25, -0.2) is 4.39 Å². The number of nitrogens with two attached hydrogens (primary N) is 1. The van der Waals surface area contributed by atoms with Gasteiger partial charge in [0.1, 0.15) is 5.82 Å². The third-order valence-electron chi connectivity index (χ3n) is 2.90. The van der Waals surface area contributed by atoms with Crippen LogP contribution in [-0.4, -0.2) is 18.5 Å². The maximum Gasteiger partial charge on any atom is 0.254 e. The molecule has 1 rings (SSSR count). The zero-order chi connectivity index (χ0) is 13.5. The number of hydrogen-bond donors (Lipinski definition) is 2. The van der Waals surface area contributed by atoms with Gasteiger partial charge >= 0.3 is 0 Å². The first kappa shape index (κ1) is 14.6. The van der Waals surface area contributed by atoms with Crippen molar-refractivity contribution in [1.82, 2.24) is 5.32 Å². The summed E-state index contributed by atoms with van der Waals surface area (Å²) >= 11 is 0. The average Bonchev–Trinajstić information content (AvgIpc) is 2.34. The van der Waals surface area contributed by atoms with Crippen LogP contribution >= 0.6 is 0 Å². The summed E-state index contributed by atoms with van der Waals surface area (Å²) in [5.74, 6) is -0.877. The van der Waals surface area contributed by atoms with Crippen LogP contribution in [0.3, 0.4) is 0 Å². The van der Waals surface area contributed by atoms with E-state index in [1.807, 2.05) is 0 Å². The van der Waals surface area contributed by atoms with Crippen LogP contribution in [0.25, 0.3) is 0 Å². The van der Waals surface area contributed by atoms with E-state index in [-0.39, 0.29) is 17.5 Å². The van der Waals surface area contributed by atoms with Crippen molar-refractivity contribution in [3.63, 3.8) is 0 Å². The summed E-state index contributed by atoms with van der Waals surface area (Å²) in [7, 11) is 0. The zero-order valence-electron chi connectivity index (χ0n) is 11.0. The van der Waals surface area contributed by atoms with Crippen LogP contribution < -0.4 is 11.1 Å². The van der Waals surface area contributed by atoms with E-state index >= 15 is 0 Å². The van der Waals surface area contributed by atoms with Gasteiger partial charge in [-0.3, -0.25) is 4.79 Å². The third kappa shape index (κ3) is 4.11. The molecule has 4 heteroatoms. The maximum atomic E-state index is 13.6. The number of unbranched alkanes of at least 4 members (excludes halogenated alkanes) is 1. The summed E-state index contributed by atoms with van der Waals surface area (Å²) in [5, 5.41) is 2.77. The van der Waals surface area contributed by atoms with Crippen molar-refractivity contribution in [1.29, 1.82) is 0 Å². The smallest absolute Gasteiger partial charge is 0.254 e. The lowest BCUT2D eigenvalue weighted by molar-refractivity contribution is 0.0931. The van der Waals surface area contributed by atoms with E-state index in [0.29, 0.717) is 6.54 Å². The van der Waals surface area contributed by atoms with E-state index in [1.165, 1.54) is 12.1 Å². The quantitative estimate of drug-likeness (QED) is 0.816. The second kappa shape index (κ2) is 7.11. The van der Waals surface area contributed by atoms with Crippen molar-refractivity contribution < 1.29 is 9.18 Å². The molecule has 0 fully saturated rings. The average molecular weight is 252 g/mol. The first-order valence-corrected chi connectivity index (χ1v) is 6.35. The lowest BCUT2D eigenvalue weighted by atomic mass is 10.1. The van der Waals surface area contributed by atoms with Gasteiger partial charge in [0.15, 0.2) is 0 Å². The molecule has 0 bridgehead atoms. The first-order chi connectivity index (χ1) is 8.58. The van der Waals surface area contributed by atoms with Crippen LogP contribution in [0, 0.1) is 12.7 Å². The normalized spacial score (nSPS) is 12.2. The fourth-order valence-electron chi connectivity index (χ4n) is 1.77. The van der Waals surface area contributed by atoms with Crippen molar-refractivity contribution in [2.45, 2.75) is 39.2 Å². The summed E-state index contributed by atoms with van der Waals surface area (Å²) in [6.07, 6.45) is 2.87. The van der Waals surface area contributed by atoms with Crippen LogP contribution in [-0.2, 0) is 0 Å². The number of halogens is 1. The molecule has 0 aliphatic rings. The number of nitrogens with one attached hydrogen (secondary N) is 1. The Bertz CT molecular complexity index is 407. The second-order valence-corrected chi connectivity index (χ2v) is 4.53. The lowest BCUT2D eigenvalue weighted by Gasteiger charge is -2.16. The Hall–Kier alpha value is -1.42. The van der Waals surface area contributed by atoms with Crippen molar-refractivity contribution >= 4 is 5.91 Å². The Labute approximate surface area is 108 Å². The van der Waals surface area contributed by atoms with Crippen LogP contribution in [0.1, 0.15) is 42.1 Å². The predicted octanol–water partition coefficient (Wildman–Crippen LogP) is 2.38. The molecule has 0 aromatic heterocycles. The highest BCUT2D eigenvalue weighted by Gasteiger charge is 2.15. The highest BCUT2D eigenvalue weighted by atomic mass is 19.1. The predicted molar refractivity (Wildman–Crippen MR) is 71.0 cm³/mol. The molecule has 0 saturated heterocycles. The molecule has 18 heavy (non-hydrogen) atoms. The number of hydrogen-bond acceptors (Lipinski definition) is 2. The number of amides is 1. The third-order valence-corrected chi connectivity index (χ3v) is 2.90. The van der Waals surface area contributed by atoms with Gasteiger partial charge in [-0.2, -0.15) is 0 Å². The minimum Gasteiger partial charge on any atom is -0.348 e. The van der Waals surface area contributed by atoms with Crippen molar-refractivity contribution in [3.05, 3.63) is 35.1 Å². The topological polar surface area (TPSA) is 55.1 Å². The summed E-state index contributed by atoms with van der Waals surface area (Å²) in [5.41, 5.74) is 6.47. The molecular formula is C14H21FN2O. The molecule has 0 saturated carbocycles. The SMILES string of the molecule is CCCCC(CN)NC(=O)c1ccc(C)cc1F. The number of rotatable bonds is 6. The van der Waals surface area contributed by atoms with E-state index in [2.05, 4.69) is 12.2 Å². The van der Waals surface area contributed by atoms with E-state index in [9.17, 15) is 9.18 Å². The molecule has 100 valence electrons. The molecule has 1 aromatic rings. The van der Waals surface area contributed by atoms with E-state index < -0.39 is 5.82 Å². The van der Waals surface area contributed by atoms with Gasteiger partial charge in [0, 0.05) is 12.6 Å². The molecule has 0 aliphatic heterocycles. The van der Waals surface area contributed by atoms with Crippen LogP contribution in [0.2, 0.25) is 0 Å². The molecule has 0 radical (unpaired) electrons. The van der Waals surface area contributed by atoms with Crippen LogP contribution in [0.5, 0.6) is 0 Å². The monoisotopic (exact) mass is 252 g/mol. The Morgan fingerprint density at radius 2 is 2.22 bits per heavy atom. The minimum absolute atomic E-state index is 0.0792. The summed E-state index contributed by atoms with van der Waals surface area (Å²) in [6, 6.07) is 4.51. The summed E-state index contributed by atoms with van der Waals surface area (Å²) in [6.45, 7) is 4.24. The van der Waals surface area contributed by atoms with Gasteiger partial charge in [-0.05, 0) is 31.0 Å². The Kier molecular flexibility index (Phi) is 5.78. The van der Waals surface area contributed by atoms with Crippen LogP contribution in [0.4, 0.5) is 4.39 Å². The van der Waals surface area contributed by atoms with E-state index in [1.54, 1.807) is 13.0 Å². The molecule has 1 amide bonds. The Balaban J connectivity index is 2.68. The van der Waals surface area contributed by atoms with Gasteiger partial charge < -0.3 is 11.1 Å². The number of carbonyl (C=O) groups is 1. The Morgan fingerprint density at radius 1 is 1.50 bits per heavy atom. The molecule has 0 aliphatic carbocycles. The van der Waals surface area contributed by atoms with Gasteiger partial charge in [0.25, 0.3) is 5.91 Å². The number of carbonyl (C=O) groups excluding carboxylic acids is 1. The summed E-state index contributed by atoms with van der Waals surface area (Å²) < 4.78 is 13.6. The number of aryl methyl sites for hydroxylation is 1. The van der Waals surface area contributed by atoms with Crippen molar-refractivity contribution in [2.75, 3.05) is 6.54 Å². The van der Waals surface area contributed by atoms with Gasteiger partial charge in [0.2, 0.25) is 0 Å². The fraction of sp³-hybridized carbons (Fsp3) is 0.500. The van der Waals surface area contributed by atoms with Gasteiger partial charge in [0.05, 0.1) is 5.56 Å². The maximum absolute atomic E-state index is 13.6. The first-order valence-electron chi connectivity index (χ1n) is 6.35. The Morgan fingerprint density at radius 3 is 2.78 bits per heavy atom. The molecule has 1 aromatic carbocycles. The lowest BCUT2D eigenvalue weighted by Crippen LogP contribution is -2.40. The standard InChI is InChI=1S/C14H21FN2O/c1-3-4-5-11(9-16)17-14(18)12-7-6-10(2)8-13(12)15/h6-8,11H,3-5,9,16H2,1-2H3,(H,17,18). The van der Waals surface area contributed by atoms with Crippen molar-refractivity contribution in [2.24, 2.45) is 5.73 Å². The highest BCUT2D eigenvalue weighted by Crippen LogP contribution is 2.10. The molecule has 0 heterocycles. The molecule has 0 spiro atoms. The molecule has 3 N–H and O–H groups in total. The molecule has 3 nitrogen and oxygen atoms in total. The van der Waals surface area contributed by atoms with Crippen LogP contribution in [0.15, 0.2) is 18.2 Å². The molecule has 1 unspecified atom stereocenters. The zero-order valence-corrected chi connectivity index (χ0v) is 11.0. The van der Waals surface area contributed by atoms with Gasteiger partial charge in [-0.15, -0.1) is 0 Å². The van der Waals surface area contributed by atoms with E-state index in [0.717, 1.165) is 24.8 Å². The molecule has 1 atom stereocenters. The highest BCUT2D eigenvalue weighted by molar-refractivity contribution is 5.94. The minimum atomic E-state index is -0.487. The van der Waals surface area contributed by atoms with E-state index in [4.69, 9.17) is 5.73 Å². The second-order valence-electron chi connectivity index (χ2n) is 4.53. The van der Waals surface area contributed by atoms with Gasteiger partial charge in [-0.1, -0.05) is 25.8 Å². The fourth-order valence-corrected chi connectivity index (χ4v) is 1.77.